The highest BCUT2D eigenvalue weighted by atomic mass is 16.7. The van der Waals surface area contributed by atoms with E-state index in [1.54, 1.807) is 18.2 Å². The predicted octanol–water partition coefficient (Wildman–Crippen LogP) is 4.60. The molecule has 0 aromatic heterocycles. The zero-order chi connectivity index (χ0) is 27.6. The van der Waals surface area contributed by atoms with E-state index in [0.29, 0.717) is 18.8 Å². The lowest BCUT2D eigenvalue weighted by Crippen LogP contribution is -2.21. The third-order valence-corrected chi connectivity index (χ3v) is 5.81. The highest BCUT2D eigenvalue weighted by Gasteiger charge is 2.31. The van der Waals surface area contributed by atoms with Gasteiger partial charge in [-0.15, -0.1) is 0 Å². The summed E-state index contributed by atoms with van der Waals surface area (Å²) in [5.41, 5.74) is 1.37. The third-order valence-electron chi connectivity index (χ3n) is 5.81. The van der Waals surface area contributed by atoms with Crippen molar-refractivity contribution in [2.75, 3.05) is 41.0 Å². The second kappa shape index (κ2) is 13.7. The summed E-state index contributed by atoms with van der Waals surface area (Å²) in [5.74, 6) is -1.56. The fourth-order valence-corrected chi connectivity index (χ4v) is 4.05. The fourth-order valence-electron chi connectivity index (χ4n) is 4.05. The first-order chi connectivity index (χ1) is 19.0. The lowest BCUT2D eigenvalue weighted by molar-refractivity contribution is -0.183. The molecular weight excluding hydrogens is 508 g/mol. The molecule has 1 aliphatic rings. The number of carbonyl (C=O) groups excluding carboxylic acids is 1. The van der Waals surface area contributed by atoms with E-state index in [1.165, 1.54) is 26.4 Å². The Kier molecular flexibility index (Phi) is 9.87. The van der Waals surface area contributed by atoms with Crippen molar-refractivity contribution in [3.05, 3.63) is 88.5 Å². The topological polar surface area (TPSA) is 119 Å². The molecule has 0 aliphatic carbocycles. The first kappa shape index (κ1) is 28.1. The fraction of sp³-hybridized carbons (Fsp3) is 0.310. The smallest absolute Gasteiger partial charge is 0.335 e. The summed E-state index contributed by atoms with van der Waals surface area (Å²) in [6, 6.07) is 17.2. The van der Waals surface area contributed by atoms with Gasteiger partial charge in [0.25, 0.3) is 0 Å². The largest absolute Gasteiger partial charge is 0.488 e. The first-order valence-electron chi connectivity index (χ1n) is 12.3. The SMILES string of the molecule is COCOc1cc(C(=O)O)cc(OCOC)c1C(=O)c1c(OCc2ccccc2)cccc1C1OCCCO1. The standard InChI is InChI=1S/C29H30O10/c1-33-17-38-23-14-20(28(31)32)15-24(39-18-34-2)26(23)27(30)25-21(29-35-12-7-13-36-29)10-6-11-22(25)37-16-19-8-4-3-5-9-19/h3-6,8-11,14-15,29H,7,12-13,16-18H2,1-2H3,(H,31,32). The van der Waals surface area contributed by atoms with E-state index in [1.807, 2.05) is 30.3 Å². The summed E-state index contributed by atoms with van der Waals surface area (Å²) in [6.45, 7) is 0.660. The minimum absolute atomic E-state index is 0.0260. The van der Waals surface area contributed by atoms with Gasteiger partial charge in [-0.3, -0.25) is 4.79 Å². The van der Waals surface area contributed by atoms with Gasteiger partial charge in [-0.1, -0.05) is 42.5 Å². The van der Waals surface area contributed by atoms with E-state index in [-0.39, 0.29) is 54.1 Å². The average molecular weight is 539 g/mol. The van der Waals surface area contributed by atoms with Gasteiger partial charge >= 0.3 is 5.97 Å². The lowest BCUT2D eigenvalue weighted by Gasteiger charge is -2.26. The number of hydrogen-bond donors (Lipinski definition) is 1. The zero-order valence-electron chi connectivity index (χ0n) is 21.7. The molecule has 0 spiro atoms. The number of ketones is 1. The van der Waals surface area contributed by atoms with Gasteiger partial charge in [0.15, 0.2) is 19.9 Å². The molecular formula is C29H30O10. The van der Waals surface area contributed by atoms with Crippen LogP contribution in [0.1, 0.15) is 50.1 Å². The Morgan fingerprint density at radius 2 is 1.46 bits per heavy atom. The monoisotopic (exact) mass is 538 g/mol. The van der Waals surface area contributed by atoms with Gasteiger partial charge in [-0.05, 0) is 30.2 Å². The van der Waals surface area contributed by atoms with Gasteiger partial charge in [0.05, 0.1) is 24.3 Å². The molecule has 0 atom stereocenters. The Morgan fingerprint density at radius 3 is 2.05 bits per heavy atom. The number of aromatic carboxylic acids is 1. The summed E-state index contributed by atoms with van der Waals surface area (Å²) in [6.07, 6.45) is -0.0760. The quantitative estimate of drug-likeness (QED) is 0.244. The van der Waals surface area contributed by atoms with Crippen molar-refractivity contribution in [2.45, 2.75) is 19.3 Å². The van der Waals surface area contributed by atoms with Crippen LogP contribution in [0.25, 0.3) is 0 Å². The molecule has 10 heteroatoms. The number of carboxylic acid groups (broad SMARTS) is 1. The van der Waals surface area contributed by atoms with Crippen LogP contribution in [-0.4, -0.2) is 57.9 Å². The van der Waals surface area contributed by atoms with Gasteiger partial charge in [0, 0.05) is 19.8 Å². The van der Waals surface area contributed by atoms with Crippen molar-refractivity contribution >= 4 is 11.8 Å². The van der Waals surface area contributed by atoms with Crippen LogP contribution in [0.3, 0.4) is 0 Å². The number of methoxy groups -OCH3 is 2. The van der Waals surface area contributed by atoms with Gasteiger partial charge < -0.3 is 38.3 Å². The number of carboxylic acids is 1. The predicted molar refractivity (Wildman–Crippen MR) is 138 cm³/mol. The van der Waals surface area contributed by atoms with Crippen molar-refractivity contribution in [1.82, 2.24) is 0 Å². The number of rotatable bonds is 13. The zero-order valence-corrected chi connectivity index (χ0v) is 21.7. The molecule has 1 fully saturated rings. The Morgan fingerprint density at radius 1 is 0.821 bits per heavy atom. The summed E-state index contributed by atoms with van der Waals surface area (Å²) >= 11 is 0. The minimum atomic E-state index is -1.23. The molecule has 206 valence electrons. The summed E-state index contributed by atoms with van der Waals surface area (Å²) < 4.78 is 39.2. The van der Waals surface area contributed by atoms with E-state index >= 15 is 0 Å². The van der Waals surface area contributed by atoms with Crippen molar-refractivity contribution in [2.24, 2.45) is 0 Å². The average Bonchev–Trinajstić information content (AvgIpc) is 2.98. The molecule has 39 heavy (non-hydrogen) atoms. The third kappa shape index (κ3) is 6.92. The van der Waals surface area contributed by atoms with Crippen LogP contribution in [0.4, 0.5) is 0 Å². The second-order valence-corrected chi connectivity index (χ2v) is 8.51. The van der Waals surface area contributed by atoms with Crippen molar-refractivity contribution < 1.29 is 47.9 Å². The number of hydrogen-bond acceptors (Lipinski definition) is 9. The summed E-state index contributed by atoms with van der Waals surface area (Å²) in [5, 5.41) is 9.66. The molecule has 1 N–H and O–H groups in total. The van der Waals surface area contributed by atoms with Crippen LogP contribution in [0, 0.1) is 0 Å². The molecule has 4 rings (SSSR count). The normalized spacial score (nSPS) is 13.6. The maximum Gasteiger partial charge on any atom is 0.335 e. The Bertz CT molecular complexity index is 1240. The molecule has 0 amide bonds. The molecule has 3 aromatic carbocycles. The molecule has 3 aromatic rings. The van der Waals surface area contributed by atoms with Gasteiger partial charge in [-0.25, -0.2) is 4.79 Å². The molecule has 1 heterocycles. The van der Waals surface area contributed by atoms with E-state index < -0.39 is 18.0 Å². The van der Waals surface area contributed by atoms with E-state index in [9.17, 15) is 14.7 Å². The molecule has 0 radical (unpaired) electrons. The number of ether oxygens (including phenoxy) is 7. The van der Waals surface area contributed by atoms with Crippen molar-refractivity contribution in [1.29, 1.82) is 0 Å². The van der Waals surface area contributed by atoms with Crippen LogP contribution < -0.4 is 14.2 Å². The molecule has 10 nitrogen and oxygen atoms in total. The number of benzene rings is 3. The van der Waals surface area contributed by atoms with E-state index in [0.717, 1.165) is 12.0 Å². The van der Waals surface area contributed by atoms with Gasteiger partial charge in [0.2, 0.25) is 5.78 Å². The molecule has 1 saturated heterocycles. The lowest BCUT2D eigenvalue weighted by atomic mass is 9.94. The first-order valence-corrected chi connectivity index (χ1v) is 12.3. The van der Waals surface area contributed by atoms with Gasteiger partial charge in [0.1, 0.15) is 29.4 Å². The highest BCUT2D eigenvalue weighted by molar-refractivity contribution is 6.15. The maximum atomic E-state index is 14.4. The molecule has 0 unspecified atom stereocenters. The van der Waals surface area contributed by atoms with Crippen molar-refractivity contribution in [3.8, 4) is 17.2 Å². The van der Waals surface area contributed by atoms with Crippen LogP contribution in [0.15, 0.2) is 60.7 Å². The van der Waals surface area contributed by atoms with Crippen LogP contribution in [0.2, 0.25) is 0 Å². The van der Waals surface area contributed by atoms with Crippen LogP contribution in [0.5, 0.6) is 17.2 Å². The summed E-state index contributed by atoms with van der Waals surface area (Å²) in [7, 11) is 2.82. The van der Waals surface area contributed by atoms with Crippen LogP contribution in [-0.2, 0) is 25.6 Å². The maximum absolute atomic E-state index is 14.4. The Labute approximate surface area is 225 Å². The molecule has 0 saturated carbocycles. The van der Waals surface area contributed by atoms with E-state index in [4.69, 9.17) is 33.2 Å². The van der Waals surface area contributed by atoms with Gasteiger partial charge in [-0.2, -0.15) is 0 Å². The Hall–Kier alpha value is -3.96. The second-order valence-electron chi connectivity index (χ2n) is 8.51. The van der Waals surface area contributed by atoms with Crippen molar-refractivity contribution in [3.63, 3.8) is 0 Å². The molecule has 1 aliphatic heterocycles. The Balaban J connectivity index is 1.86. The van der Waals surface area contributed by atoms with Crippen LogP contribution >= 0.6 is 0 Å². The summed E-state index contributed by atoms with van der Waals surface area (Å²) in [4.78, 5) is 26.2. The number of carbonyl (C=O) groups is 2. The minimum Gasteiger partial charge on any atom is -0.488 e. The highest BCUT2D eigenvalue weighted by Crippen LogP contribution is 2.39. The van der Waals surface area contributed by atoms with E-state index in [2.05, 4.69) is 0 Å². The molecule has 0 bridgehead atoms.